The molecule has 1 heterocycles. The largest absolute Gasteiger partial charge is 0.376 e. The molecule has 4 nitrogen and oxygen atoms in total. The molecule has 20 heavy (non-hydrogen) atoms. The van der Waals surface area contributed by atoms with Crippen molar-refractivity contribution in [3.05, 3.63) is 24.3 Å². The van der Waals surface area contributed by atoms with E-state index >= 15 is 0 Å². The zero-order valence-electron chi connectivity index (χ0n) is 12.4. The highest BCUT2D eigenvalue weighted by molar-refractivity contribution is 7.90. The standard InChI is InChI=1S/C15H23NO3S/c1-12(2)11-19-13-8-9-16(10-13)14-6-4-5-7-15(14)20(3,17)18/h4-7,12-13H,8-11H2,1-3H3/t13-/m1/s1. The molecule has 0 aromatic heterocycles. The van der Waals surface area contributed by atoms with Gasteiger partial charge in [-0.3, -0.25) is 0 Å². The smallest absolute Gasteiger partial charge is 0.177 e. The Labute approximate surface area is 121 Å². The fourth-order valence-corrected chi connectivity index (χ4v) is 3.35. The van der Waals surface area contributed by atoms with Crippen LogP contribution in [-0.4, -0.2) is 40.5 Å². The average molecular weight is 297 g/mol. The van der Waals surface area contributed by atoms with E-state index in [1.54, 1.807) is 12.1 Å². The molecule has 0 saturated carbocycles. The van der Waals surface area contributed by atoms with E-state index in [-0.39, 0.29) is 6.10 Å². The van der Waals surface area contributed by atoms with E-state index in [4.69, 9.17) is 4.74 Å². The van der Waals surface area contributed by atoms with Gasteiger partial charge in [0.15, 0.2) is 9.84 Å². The number of hydrogen-bond donors (Lipinski definition) is 0. The fraction of sp³-hybridized carbons (Fsp3) is 0.600. The van der Waals surface area contributed by atoms with E-state index in [2.05, 4.69) is 18.7 Å². The minimum absolute atomic E-state index is 0.199. The molecule has 5 heteroatoms. The predicted octanol–water partition coefficient (Wildman–Crippen LogP) is 2.34. The molecule has 0 spiro atoms. The highest BCUT2D eigenvalue weighted by atomic mass is 32.2. The van der Waals surface area contributed by atoms with Crippen molar-refractivity contribution in [3.8, 4) is 0 Å². The van der Waals surface area contributed by atoms with Gasteiger partial charge in [0.25, 0.3) is 0 Å². The monoisotopic (exact) mass is 297 g/mol. The Morgan fingerprint density at radius 1 is 1.35 bits per heavy atom. The highest BCUT2D eigenvalue weighted by Gasteiger charge is 2.26. The quantitative estimate of drug-likeness (QED) is 0.837. The number of para-hydroxylation sites is 1. The molecule has 0 aliphatic carbocycles. The van der Waals surface area contributed by atoms with Gasteiger partial charge in [0.2, 0.25) is 0 Å². The van der Waals surface area contributed by atoms with Crippen LogP contribution in [0.2, 0.25) is 0 Å². The van der Waals surface area contributed by atoms with Crippen LogP contribution in [0.4, 0.5) is 5.69 Å². The van der Waals surface area contributed by atoms with Crippen molar-refractivity contribution in [3.63, 3.8) is 0 Å². The van der Waals surface area contributed by atoms with Crippen LogP contribution < -0.4 is 4.90 Å². The van der Waals surface area contributed by atoms with Gasteiger partial charge < -0.3 is 9.64 Å². The second-order valence-corrected chi connectivity index (χ2v) is 7.81. The van der Waals surface area contributed by atoms with Crippen LogP contribution >= 0.6 is 0 Å². The van der Waals surface area contributed by atoms with Gasteiger partial charge in [0, 0.05) is 26.0 Å². The van der Waals surface area contributed by atoms with Crippen molar-refractivity contribution in [2.24, 2.45) is 5.92 Å². The van der Waals surface area contributed by atoms with Gasteiger partial charge in [-0.2, -0.15) is 0 Å². The molecule has 1 atom stereocenters. The molecule has 1 aliphatic rings. The first kappa shape index (κ1) is 15.3. The first-order valence-electron chi connectivity index (χ1n) is 7.03. The summed E-state index contributed by atoms with van der Waals surface area (Å²) in [6.07, 6.45) is 2.41. The maximum atomic E-state index is 11.8. The third-order valence-electron chi connectivity index (χ3n) is 3.42. The number of nitrogens with zero attached hydrogens (tertiary/aromatic N) is 1. The Morgan fingerprint density at radius 2 is 2.05 bits per heavy atom. The molecule has 1 fully saturated rings. The van der Waals surface area contributed by atoms with Crippen LogP contribution in [0.5, 0.6) is 0 Å². The third kappa shape index (κ3) is 3.73. The summed E-state index contributed by atoms with van der Waals surface area (Å²) in [7, 11) is -3.20. The Balaban J connectivity index is 2.11. The molecular weight excluding hydrogens is 274 g/mol. The van der Waals surface area contributed by atoms with Crippen LogP contribution in [0.15, 0.2) is 29.2 Å². The maximum absolute atomic E-state index is 11.8. The van der Waals surface area contributed by atoms with Crippen LogP contribution in [0.1, 0.15) is 20.3 Å². The predicted molar refractivity (Wildman–Crippen MR) is 81.0 cm³/mol. The molecular formula is C15H23NO3S. The molecule has 1 aromatic carbocycles. The van der Waals surface area contributed by atoms with Gasteiger partial charge in [0.05, 0.1) is 16.7 Å². The molecule has 1 aromatic rings. The lowest BCUT2D eigenvalue weighted by molar-refractivity contribution is 0.0497. The summed E-state index contributed by atoms with van der Waals surface area (Å²) in [5.74, 6) is 0.521. The van der Waals surface area contributed by atoms with E-state index in [0.29, 0.717) is 10.8 Å². The van der Waals surface area contributed by atoms with Crippen molar-refractivity contribution in [2.45, 2.75) is 31.3 Å². The topological polar surface area (TPSA) is 46.6 Å². The number of anilines is 1. The van der Waals surface area contributed by atoms with Gasteiger partial charge >= 0.3 is 0 Å². The summed E-state index contributed by atoms with van der Waals surface area (Å²) in [5, 5.41) is 0. The second kappa shape index (κ2) is 6.14. The zero-order chi connectivity index (χ0) is 14.8. The lowest BCUT2D eigenvalue weighted by Gasteiger charge is -2.21. The third-order valence-corrected chi connectivity index (χ3v) is 4.56. The lowest BCUT2D eigenvalue weighted by atomic mass is 10.2. The van der Waals surface area contributed by atoms with Gasteiger partial charge in [-0.05, 0) is 24.5 Å². The van der Waals surface area contributed by atoms with Gasteiger partial charge in [-0.25, -0.2) is 8.42 Å². The first-order valence-corrected chi connectivity index (χ1v) is 8.92. The Kier molecular flexibility index (Phi) is 4.70. The number of sulfone groups is 1. The van der Waals surface area contributed by atoms with Crippen molar-refractivity contribution in [2.75, 3.05) is 30.9 Å². The Hall–Kier alpha value is -1.07. The van der Waals surface area contributed by atoms with Crippen molar-refractivity contribution in [1.29, 1.82) is 0 Å². The molecule has 2 rings (SSSR count). The summed E-state index contributed by atoms with van der Waals surface area (Å²) in [6, 6.07) is 7.20. The van der Waals surface area contributed by atoms with E-state index in [1.807, 2.05) is 12.1 Å². The van der Waals surface area contributed by atoms with E-state index in [9.17, 15) is 8.42 Å². The van der Waals surface area contributed by atoms with Crippen molar-refractivity contribution >= 4 is 15.5 Å². The molecule has 112 valence electrons. The van der Waals surface area contributed by atoms with Gasteiger partial charge in [0.1, 0.15) is 0 Å². The lowest BCUT2D eigenvalue weighted by Crippen LogP contribution is -2.25. The molecule has 0 radical (unpaired) electrons. The molecule has 1 aliphatic heterocycles. The van der Waals surface area contributed by atoms with E-state index < -0.39 is 9.84 Å². The van der Waals surface area contributed by atoms with Crippen molar-refractivity contribution < 1.29 is 13.2 Å². The zero-order valence-corrected chi connectivity index (χ0v) is 13.2. The van der Waals surface area contributed by atoms with Gasteiger partial charge in [-0.15, -0.1) is 0 Å². The number of rotatable bonds is 5. The summed E-state index contributed by atoms with van der Waals surface area (Å²) >= 11 is 0. The van der Waals surface area contributed by atoms with Crippen LogP contribution in [-0.2, 0) is 14.6 Å². The molecule has 0 bridgehead atoms. The fourth-order valence-electron chi connectivity index (χ4n) is 2.44. The van der Waals surface area contributed by atoms with Crippen LogP contribution in [0.3, 0.4) is 0 Å². The van der Waals surface area contributed by atoms with Crippen molar-refractivity contribution in [1.82, 2.24) is 0 Å². The molecule has 0 amide bonds. The minimum Gasteiger partial charge on any atom is -0.376 e. The normalized spacial score (nSPS) is 19.8. The summed E-state index contributed by atoms with van der Waals surface area (Å²) in [6.45, 7) is 6.62. The number of ether oxygens (including phenoxy) is 1. The van der Waals surface area contributed by atoms with Crippen LogP contribution in [0.25, 0.3) is 0 Å². The average Bonchev–Trinajstić information content (AvgIpc) is 2.84. The Bertz CT molecular complexity index is 554. The summed E-state index contributed by atoms with van der Waals surface area (Å²) in [4.78, 5) is 2.52. The van der Waals surface area contributed by atoms with E-state index in [0.717, 1.165) is 31.8 Å². The highest BCUT2D eigenvalue weighted by Crippen LogP contribution is 2.28. The first-order chi connectivity index (χ1) is 9.38. The summed E-state index contributed by atoms with van der Waals surface area (Å²) < 4.78 is 29.5. The SMILES string of the molecule is CC(C)CO[C@@H]1CCN(c2ccccc2S(C)(=O)=O)C1. The maximum Gasteiger partial charge on any atom is 0.177 e. The number of benzene rings is 1. The van der Waals surface area contributed by atoms with Crippen LogP contribution in [0, 0.1) is 5.92 Å². The molecule has 0 N–H and O–H groups in total. The Morgan fingerprint density at radius 3 is 2.70 bits per heavy atom. The summed E-state index contributed by atoms with van der Waals surface area (Å²) in [5.41, 5.74) is 0.797. The minimum atomic E-state index is -3.20. The number of hydrogen-bond acceptors (Lipinski definition) is 4. The molecule has 0 unspecified atom stereocenters. The molecule has 1 saturated heterocycles. The van der Waals surface area contributed by atoms with E-state index in [1.165, 1.54) is 6.26 Å². The van der Waals surface area contributed by atoms with Gasteiger partial charge in [-0.1, -0.05) is 26.0 Å². The second-order valence-electron chi connectivity index (χ2n) is 5.82.